The molecule has 1 fully saturated rings. The van der Waals surface area contributed by atoms with Crippen LogP contribution in [-0.4, -0.2) is 51.0 Å². The molecule has 0 atom stereocenters. The van der Waals surface area contributed by atoms with E-state index in [0.29, 0.717) is 18.7 Å². The maximum absolute atomic E-state index is 12.3. The van der Waals surface area contributed by atoms with E-state index in [4.69, 9.17) is 0 Å². The van der Waals surface area contributed by atoms with Crippen LogP contribution < -0.4 is 5.32 Å². The van der Waals surface area contributed by atoms with Gasteiger partial charge < -0.3 is 10.2 Å². The molecule has 1 saturated heterocycles. The van der Waals surface area contributed by atoms with Gasteiger partial charge in [-0.1, -0.05) is 6.07 Å². The molecule has 1 aliphatic rings. The van der Waals surface area contributed by atoms with Crippen LogP contribution in [-0.2, 0) is 14.6 Å². The highest BCUT2D eigenvalue weighted by molar-refractivity contribution is 7.90. The summed E-state index contributed by atoms with van der Waals surface area (Å²) in [7, 11) is -3.38. The highest BCUT2D eigenvalue weighted by Gasteiger charge is 2.23. The van der Waals surface area contributed by atoms with Crippen LogP contribution in [0.3, 0.4) is 0 Å². The first kappa shape index (κ1) is 14.5. The minimum atomic E-state index is -3.38. The fraction of sp³-hybridized carbons (Fsp3) is 0.385. The summed E-state index contributed by atoms with van der Waals surface area (Å²) >= 11 is 0. The number of hydrogen-bond acceptors (Lipinski definition) is 4. The Balaban J connectivity index is 2.33. The van der Waals surface area contributed by atoms with Crippen molar-refractivity contribution >= 4 is 21.7 Å². The van der Waals surface area contributed by atoms with Gasteiger partial charge in [0.05, 0.1) is 11.4 Å². The second-order valence-electron chi connectivity index (χ2n) is 4.83. The normalized spacial score (nSPS) is 15.9. The monoisotopic (exact) mass is 296 g/mol. The Morgan fingerprint density at radius 2 is 2.05 bits per heavy atom. The van der Waals surface area contributed by atoms with Crippen molar-refractivity contribution < 1.29 is 18.0 Å². The molecule has 0 bridgehead atoms. The first-order valence-electron chi connectivity index (χ1n) is 6.16. The molecule has 1 aliphatic heterocycles. The molecule has 1 heterocycles. The van der Waals surface area contributed by atoms with E-state index < -0.39 is 9.84 Å². The van der Waals surface area contributed by atoms with Crippen LogP contribution in [0.2, 0.25) is 0 Å². The Hall–Kier alpha value is -1.89. The first-order valence-corrected chi connectivity index (χ1v) is 8.05. The number of rotatable bonds is 2. The van der Waals surface area contributed by atoms with Crippen molar-refractivity contribution in [1.29, 1.82) is 0 Å². The molecule has 0 spiro atoms. The fourth-order valence-corrected chi connectivity index (χ4v) is 3.12. The largest absolute Gasteiger partial charge is 0.353 e. The maximum atomic E-state index is 12.3. The van der Waals surface area contributed by atoms with Crippen LogP contribution in [0.5, 0.6) is 0 Å². The number of amides is 2. The molecule has 108 valence electrons. The lowest BCUT2D eigenvalue weighted by Gasteiger charge is -2.26. The number of aryl methyl sites for hydroxylation is 1. The van der Waals surface area contributed by atoms with E-state index in [1.54, 1.807) is 19.1 Å². The van der Waals surface area contributed by atoms with Gasteiger partial charge in [0.25, 0.3) is 5.91 Å². The molecule has 0 radical (unpaired) electrons. The summed E-state index contributed by atoms with van der Waals surface area (Å²) in [6, 6.07) is 4.56. The van der Waals surface area contributed by atoms with Crippen molar-refractivity contribution in [2.45, 2.75) is 11.8 Å². The summed E-state index contributed by atoms with van der Waals surface area (Å²) in [6.45, 7) is 2.52. The Bertz CT molecular complexity index is 667. The molecule has 0 aromatic heterocycles. The number of nitrogens with zero attached hydrogens (tertiary/aromatic N) is 1. The van der Waals surface area contributed by atoms with Crippen molar-refractivity contribution in [3.05, 3.63) is 29.3 Å². The minimum absolute atomic E-state index is 0.000911. The molecule has 0 unspecified atom stereocenters. The summed E-state index contributed by atoms with van der Waals surface area (Å²) in [5.74, 6) is -0.537. The van der Waals surface area contributed by atoms with E-state index in [1.165, 1.54) is 11.0 Å². The summed E-state index contributed by atoms with van der Waals surface area (Å²) in [6.07, 6.45) is 1.11. The third kappa shape index (κ3) is 2.98. The molecule has 0 saturated carbocycles. The second-order valence-corrected chi connectivity index (χ2v) is 6.81. The van der Waals surface area contributed by atoms with Crippen LogP contribution in [0, 0.1) is 6.92 Å². The van der Waals surface area contributed by atoms with E-state index in [9.17, 15) is 18.0 Å². The zero-order valence-electron chi connectivity index (χ0n) is 11.3. The lowest BCUT2D eigenvalue weighted by Crippen LogP contribution is -2.50. The summed E-state index contributed by atoms with van der Waals surface area (Å²) in [5.41, 5.74) is 0.881. The molecular weight excluding hydrogens is 280 g/mol. The molecular formula is C13H16N2O4S. The molecule has 6 nitrogen and oxygen atoms in total. The third-order valence-corrected chi connectivity index (χ3v) is 4.40. The SMILES string of the molecule is Cc1ccc(C(=O)N2CCNC(=O)C2)cc1S(C)(=O)=O. The zero-order valence-corrected chi connectivity index (χ0v) is 12.2. The molecule has 0 aliphatic carbocycles. The van der Waals surface area contributed by atoms with Crippen molar-refractivity contribution in [1.82, 2.24) is 10.2 Å². The predicted molar refractivity (Wildman–Crippen MR) is 73.2 cm³/mol. The van der Waals surface area contributed by atoms with Crippen LogP contribution in [0.1, 0.15) is 15.9 Å². The van der Waals surface area contributed by atoms with Crippen molar-refractivity contribution in [2.24, 2.45) is 0 Å². The van der Waals surface area contributed by atoms with Crippen molar-refractivity contribution in [3.63, 3.8) is 0 Å². The van der Waals surface area contributed by atoms with Gasteiger partial charge in [-0.05, 0) is 24.6 Å². The molecule has 2 amide bonds. The van der Waals surface area contributed by atoms with Gasteiger partial charge in [-0.25, -0.2) is 8.42 Å². The third-order valence-electron chi connectivity index (χ3n) is 3.16. The van der Waals surface area contributed by atoms with Gasteiger partial charge in [0.1, 0.15) is 0 Å². The predicted octanol–water partition coefficient (Wildman–Crippen LogP) is -0.0295. The lowest BCUT2D eigenvalue weighted by molar-refractivity contribution is -0.123. The first-order chi connectivity index (χ1) is 9.29. The maximum Gasteiger partial charge on any atom is 0.254 e. The molecule has 1 N–H and O–H groups in total. The van der Waals surface area contributed by atoms with Crippen LogP contribution in [0.4, 0.5) is 0 Å². The highest BCUT2D eigenvalue weighted by atomic mass is 32.2. The van der Waals surface area contributed by atoms with Crippen molar-refractivity contribution in [2.75, 3.05) is 25.9 Å². The number of carbonyl (C=O) groups excluding carboxylic acids is 2. The quantitative estimate of drug-likeness (QED) is 0.831. The molecule has 20 heavy (non-hydrogen) atoms. The van der Waals surface area contributed by atoms with E-state index in [0.717, 1.165) is 6.26 Å². The standard InChI is InChI=1S/C13H16N2O4S/c1-9-3-4-10(7-11(9)20(2,18)19)13(17)15-6-5-14-12(16)8-15/h3-4,7H,5-6,8H2,1-2H3,(H,14,16). The zero-order chi connectivity index (χ0) is 14.9. The molecule has 1 aromatic rings. The van der Waals surface area contributed by atoms with Crippen LogP contribution >= 0.6 is 0 Å². The Morgan fingerprint density at radius 1 is 1.35 bits per heavy atom. The Labute approximate surface area is 117 Å². The summed E-state index contributed by atoms with van der Waals surface area (Å²) < 4.78 is 23.3. The summed E-state index contributed by atoms with van der Waals surface area (Å²) in [4.78, 5) is 25.1. The highest BCUT2D eigenvalue weighted by Crippen LogP contribution is 2.18. The van der Waals surface area contributed by atoms with Gasteiger partial charge in [-0.3, -0.25) is 9.59 Å². The van der Waals surface area contributed by atoms with E-state index in [2.05, 4.69) is 5.32 Å². The number of benzene rings is 1. The van der Waals surface area contributed by atoms with Crippen LogP contribution in [0.15, 0.2) is 23.1 Å². The number of sulfone groups is 1. The Kier molecular flexibility index (Phi) is 3.80. The van der Waals surface area contributed by atoms with Gasteiger partial charge in [0.2, 0.25) is 5.91 Å². The van der Waals surface area contributed by atoms with E-state index in [-0.39, 0.29) is 28.8 Å². The smallest absolute Gasteiger partial charge is 0.254 e. The van der Waals surface area contributed by atoms with Gasteiger partial charge in [0, 0.05) is 24.9 Å². The van der Waals surface area contributed by atoms with Gasteiger partial charge in [0.15, 0.2) is 9.84 Å². The van der Waals surface area contributed by atoms with Crippen LogP contribution in [0.25, 0.3) is 0 Å². The Morgan fingerprint density at radius 3 is 2.65 bits per heavy atom. The number of hydrogen-bond donors (Lipinski definition) is 1. The molecule has 7 heteroatoms. The molecule has 2 rings (SSSR count). The van der Waals surface area contributed by atoms with E-state index in [1.807, 2.05) is 0 Å². The summed E-state index contributed by atoms with van der Waals surface area (Å²) in [5, 5.41) is 2.63. The van der Waals surface area contributed by atoms with Gasteiger partial charge in [-0.15, -0.1) is 0 Å². The lowest BCUT2D eigenvalue weighted by atomic mass is 10.1. The molecule has 1 aromatic carbocycles. The van der Waals surface area contributed by atoms with Gasteiger partial charge in [-0.2, -0.15) is 0 Å². The van der Waals surface area contributed by atoms with Gasteiger partial charge >= 0.3 is 0 Å². The number of carbonyl (C=O) groups is 2. The number of nitrogens with one attached hydrogen (secondary N) is 1. The van der Waals surface area contributed by atoms with Crippen molar-refractivity contribution in [3.8, 4) is 0 Å². The fourth-order valence-electron chi connectivity index (χ4n) is 2.13. The second kappa shape index (κ2) is 5.24. The van der Waals surface area contributed by atoms with E-state index >= 15 is 0 Å². The topological polar surface area (TPSA) is 83.6 Å². The average molecular weight is 296 g/mol. The minimum Gasteiger partial charge on any atom is -0.353 e. The number of piperazine rings is 1. The average Bonchev–Trinajstić information content (AvgIpc) is 2.37.